The molecule has 0 spiro atoms. The Morgan fingerprint density at radius 3 is 2.74 bits per heavy atom. The van der Waals surface area contributed by atoms with E-state index in [-0.39, 0.29) is 25.2 Å². The van der Waals surface area contributed by atoms with Gasteiger partial charge in [0.1, 0.15) is 6.54 Å². The number of hydrogen-bond acceptors (Lipinski definition) is 3. The molecule has 0 bridgehead atoms. The number of carbonyl (C=O) groups excluding carboxylic acids is 1. The number of nitrogens with zero attached hydrogens (tertiary/aromatic N) is 2. The van der Waals surface area contributed by atoms with Gasteiger partial charge in [0.05, 0.1) is 6.10 Å². The van der Waals surface area contributed by atoms with Crippen LogP contribution in [-0.2, 0) is 9.53 Å². The van der Waals surface area contributed by atoms with Crippen LogP contribution in [0.2, 0.25) is 0 Å². The van der Waals surface area contributed by atoms with Crippen molar-refractivity contribution in [1.82, 2.24) is 9.80 Å². The van der Waals surface area contributed by atoms with Crippen LogP contribution in [0.4, 0.5) is 4.79 Å². The van der Waals surface area contributed by atoms with Crippen LogP contribution >= 0.6 is 0 Å². The summed E-state index contributed by atoms with van der Waals surface area (Å²) in [6.45, 7) is 4.67. The van der Waals surface area contributed by atoms with Crippen LogP contribution in [-0.4, -0.2) is 66.3 Å². The summed E-state index contributed by atoms with van der Waals surface area (Å²) < 4.78 is 5.57. The lowest BCUT2D eigenvalue weighted by Crippen LogP contribution is -2.46. The number of urea groups is 1. The zero-order chi connectivity index (χ0) is 14.3. The number of carboxylic acid groups (broad SMARTS) is 1. The Morgan fingerprint density at radius 1 is 1.47 bits per heavy atom. The van der Waals surface area contributed by atoms with Gasteiger partial charge in [-0.3, -0.25) is 4.79 Å². The third kappa shape index (κ3) is 5.30. The molecular formula is C13H22N2O4. The molecule has 1 heterocycles. The normalized spacial score (nSPS) is 18.7. The number of ether oxygens (including phenoxy) is 1. The maximum absolute atomic E-state index is 12.1. The van der Waals surface area contributed by atoms with Crippen molar-refractivity contribution in [2.45, 2.75) is 25.4 Å². The van der Waals surface area contributed by atoms with Crippen LogP contribution in [0.1, 0.15) is 19.3 Å². The summed E-state index contributed by atoms with van der Waals surface area (Å²) in [4.78, 5) is 25.6. The van der Waals surface area contributed by atoms with Crippen LogP contribution in [0.25, 0.3) is 0 Å². The third-order valence-electron chi connectivity index (χ3n) is 3.02. The SMILES string of the molecule is C=CCN(CC(=O)O)C(=O)N(C)CC1CCCCO1. The van der Waals surface area contributed by atoms with E-state index in [2.05, 4.69) is 6.58 Å². The molecule has 1 atom stereocenters. The molecule has 108 valence electrons. The first-order valence-corrected chi connectivity index (χ1v) is 6.49. The number of aliphatic carboxylic acids is 1. The van der Waals surface area contributed by atoms with Crippen LogP contribution in [0.15, 0.2) is 12.7 Å². The van der Waals surface area contributed by atoms with Crippen molar-refractivity contribution in [1.29, 1.82) is 0 Å². The van der Waals surface area contributed by atoms with Crippen molar-refractivity contribution in [3.8, 4) is 0 Å². The first-order valence-electron chi connectivity index (χ1n) is 6.49. The minimum Gasteiger partial charge on any atom is -0.480 e. The van der Waals surface area contributed by atoms with Gasteiger partial charge in [0, 0.05) is 26.7 Å². The van der Waals surface area contributed by atoms with Gasteiger partial charge in [0.15, 0.2) is 0 Å². The molecular weight excluding hydrogens is 248 g/mol. The lowest BCUT2D eigenvalue weighted by atomic mass is 10.1. The second-order valence-electron chi connectivity index (χ2n) is 4.71. The standard InChI is InChI=1S/C13H22N2O4/c1-3-7-15(10-12(16)17)13(18)14(2)9-11-6-4-5-8-19-11/h3,11H,1,4-10H2,2H3,(H,16,17). The number of rotatable bonds is 6. The molecule has 0 aromatic heterocycles. The molecule has 1 rings (SSSR count). The molecule has 0 aliphatic carbocycles. The van der Waals surface area contributed by atoms with Gasteiger partial charge in [0.25, 0.3) is 0 Å². The van der Waals surface area contributed by atoms with Crippen molar-refractivity contribution in [2.24, 2.45) is 0 Å². The van der Waals surface area contributed by atoms with Gasteiger partial charge >= 0.3 is 12.0 Å². The van der Waals surface area contributed by atoms with E-state index >= 15 is 0 Å². The summed E-state index contributed by atoms with van der Waals surface area (Å²) in [7, 11) is 1.66. The van der Waals surface area contributed by atoms with E-state index in [4.69, 9.17) is 9.84 Å². The highest BCUT2D eigenvalue weighted by molar-refractivity contribution is 5.80. The van der Waals surface area contributed by atoms with Crippen molar-refractivity contribution in [3.05, 3.63) is 12.7 Å². The van der Waals surface area contributed by atoms with Crippen molar-refractivity contribution < 1.29 is 19.4 Å². The number of carboxylic acids is 1. The molecule has 0 aromatic rings. The van der Waals surface area contributed by atoms with E-state index in [0.29, 0.717) is 6.54 Å². The minimum absolute atomic E-state index is 0.0538. The highest BCUT2D eigenvalue weighted by Gasteiger charge is 2.23. The molecule has 1 aliphatic rings. The summed E-state index contributed by atoms with van der Waals surface area (Å²) in [6, 6.07) is -0.309. The van der Waals surface area contributed by atoms with Gasteiger partial charge in [-0.05, 0) is 19.3 Å². The molecule has 6 heteroatoms. The smallest absolute Gasteiger partial charge is 0.323 e. The number of hydrogen-bond donors (Lipinski definition) is 1. The number of amides is 2. The van der Waals surface area contributed by atoms with Crippen molar-refractivity contribution in [3.63, 3.8) is 0 Å². The van der Waals surface area contributed by atoms with E-state index < -0.39 is 5.97 Å². The van der Waals surface area contributed by atoms with Gasteiger partial charge in [0.2, 0.25) is 0 Å². The quantitative estimate of drug-likeness (QED) is 0.736. The van der Waals surface area contributed by atoms with Gasteiger partial charge in [-0.2, -0.15) is 0 Å². The van der Waals surface area contributed by atoms with E-state index in [1.807, 2.05) is 0 Å². The maximum atomic E-state index is 12.1. The van der Waals surface area contributed by atoms with Gasteiger partial charge in [-0.25, -0.2) is 4.79 Å². The zero-order valence-corrected chi connectivity index (χ0v) is 11.4. The van der Waals surface area contributed by atoms with Gasteiger partial charge in [-0.15, -0.1) is 6.58 Å². The van der Waals surface area contributed by atoms with Gasteiger partial charge < -0.3 is 19.6 Å². The van der Waals surface area contributed by atoms with Crippen molar-refractivity contribution in [2.75, 3.05) is 33.3 Å². The molecule has 1 N–H and O–H groups in total. The van der Waals surface area contributed by atoms with Crippen LogP contribution in [0, 0.1) is 0 Å². The molecule has 1 fully saturated rings. The lowest BCUT2D eigenvalue weighted by molar-refractivity contribution is -0.137. The fourth-order valence-corrected chi connectivity index (χ4v) is 2.11. The van der Waals surface area contributed by atoms with Gasteiger partial charge in [-0.1, -0.05) is 6.08 Å². The molecule has 0 saturated carbocycles. The van der Waals surface area contributed by atoms with Crippen LogP contribution < -0.4 is 0 Å². The highest BCUT2D eigenvalue weighted by atomic mass is 16.5. The number of carbonyl (C=O) groups is 2. The Bertz CT molecular complexity index is 327. The molecule has 1 unspecified atom stereocenters. The fraction of sp³-hybridized carbons (Fsp3) is 0.692. The molecule has 1 saturated heterocycles. The largest absolute Gasteiger partial charge is 0.480 e. The lowest BCUT2D eigenvalue weighted by Gasteiger charge is -2.30. The summed E-state index contributed by atoms with van der Waals surface area (Å²) in [5, 5.41) is 8.79. The Labute approximate surface area is 113 Å². The van der Waals surface area contributed by atoms with Crippen molar-refractivity contribution >= 4 is 12.0 Å². The van der Waals surface area contributed by atoms with Crippen LogP contribution in [0.5, 0.6) is 0 Å². The third-order valence-corrected chi connectivity index (χ3v) is 3.02. The zero-order valence-electron chi connectivity index (χ0n) is 11.4. The predicted octanol–water partition coefficient (Wildman–Crippen LogP) is 1.18. The molecule has 0 aromatic carbocycles. The first kappa shape index (κ1) is 15.5. The van der Waals surface area contributed by atoms with E-state index in [1.54, 1.807) is 7.05 Å². The Kier molecular flexibility index (Phi) is 6.35. The van der Waals surface area contributed by atoms with Crippen LogP contribution in [0.3, 0.4) is 0 Å². The minimum atomic E-state index is -1.03. The summed E-state index contributed by atoms with van der Waals surface area (Å²) in [5.74, 6) is -1.03. The first-order chi connectivity index (χ1) is 9.04. The molecule has 1 aliphatic heterocycles. The summed E-state index contributed by atoms with van der Waals surface area (Å²) in [5.41, 5.74) is 0. The topological polar surface area (TPSA) is 70.1 Å². The Morgan fingerprint density at radius 2 is 2.21 bits per heavy atom. The fourth-order valence-electron chi connectivity index (χ4n) is 2.11. The molecule has 19 heavy (non-hydrogen) atoms. The highest BCUT2D eigenvalue weighted by Crippen LogP contribution is 2.14. The van der Waals surface area contributed by atoms with E-state index in [0.717, 1.165) is 25.9 Å². The number of likely N-dealkylation sites (N-methyl/N-ethyl adjacent to an activating group) is 1. The monoisotopic (exact) mass is 270 g/mol. The Hall–Kier alpha value is -1.56. The molecule has 0 radical (unpaired) electrons. The summed E-state index contributed by atoms with van der Waals surface area (Å²) in [6.07, 6.45) is 4.69. The second-order valence-corrected chi connectivity index (χ2v) is 4.71. The maximum Gasteiger partial charge on any atom is 0.323 e. The Balaban J connectivity index is 2.51. The predicted molar refractivity (Wildman–Crippen MR) is 71.0 cm³/mol. The van der Waals surface area contributed by atoms with E-state index in [1.165, 1.54) is 15.9 Å². The molecule has 2 amide bonds. The average Bonchev–Trinajstić information content (AvgIpc) is 2.38. The summed E-state index contributed by atoms with van der Waals surface area (Å²) >= 11 is 0. The average molecular weight is 270 g/mol. The molecule has 6 nitrogen and oxygen atoms in total. The second kappa shape index (κ2) is 7.78. The van der Waals surface area contributed by atoms with E-state index in [9.17, 15) is 9.59 Å².